The van der Waals surface area contributed by atoms with E-state index >= 15 is 0 Å². The van der Waals surface area contributed by atoms with E-state index in [1.165, 1.54) is 11.3 Å². The van der Waals surface area contributed by atoms with Crippen molar-refractivity contribution in [1.82, 2.24) is 20.4 Å². The predicted octanol–water partition coefficient (Wildman–Crippen LogP) is 5.42. The second kappa shape index (κ2) is 15.7. The SMILES string of the molecule is CCCCNc1cccc(CC(=O)Nc2ccc(CCCCc3nnc(NC(=O)CCCC)s3)nn2)c1. The molecule has 9 nitrogen and oxygen atoms in total. The van der Waals surface area contributed by atoms with Gasteiger partial charge in [0, 0.05) is 25.1 Å². The Hall–Kier alpha value is -3.40. The van der Waals surface area contributed by atoms with Crippen LogP contribution in [0.3, 0.4) is 0 Å². The van der Waals surface area contributed by atoms with E-state index in [4.69, 9.17) is 0 Å². The number of anilines is 3. The number of amides is 2. The molecule has 2 heterocycles. The summed E-state index contributed by atoms with van der Waals surface area (Å²) in [5, 5.41) is 27.1. The minimum atomic E-state index is -0.120. The molecule has 1 aromatic carbocycles. The zero-order valence-electron chi connectivity index (χ0n) is 21.8. The van der Waals surface area contributed by atoms with Crippen molar-refractivity contribution in [2.24, 2.45) is 0 Å². The first kappa shape index (κ1) is 28.2. The molecule has 0 radical (unpaired) electrons. The van der Waals surface area contributed by atoms with Crippen molar-refractivity contribution in [2.75, 3.05) is 22.5 Å². The summed E-state index contributed by atoms with van der Waals surface area (Å²) in [6.07, 6.45) is 8.37. The number of carbonyl (C=O) groups is 2. The van der Waals surface area contributed by atoms with Gasteiger partial charge in [-0.1, -0.05) is 50.2 Å². The van der Waals surface area contributed by atoms with Crippen LogP contribution < -0.4 is 16.0 Å². The second-order valence-electron chi connectivity index (χ2n) is 8.98. The van der Waals surface area contributed by atoms with Gasteiger partial charge in [0.1, 0.15) is 5.01 Å². The number of nitrogens with zero attached hydrogens (tertiary/aromatic N) is 4. The fraction of sp³-hybridized carbons (Fsp3) is 0.481. The molecule has 0 unspecified atom stereocenters. The molecule has 3 rings (SSSR count). The van der Waals surface area contributed by atoms with E-state index < -0.39 is 0 Å². The summed E-state index contributed by atoms with van der Waals surface area (Å²) in [5.41, 5.74) is 2.86. The molecule has 0 fully saturated rings. The monoisotopic (exact) mass is 523 g/mol. The molecule has 0 spiro atoms. The molecule has 0 bridgehead atoms. The van der Waals surface area contributed by atoms with E-state index in [2.05, 4.69) is 50.2 Å². The van der Waals surface area contributed by atoms with Crippen LogP contribution in [0.15, 0.2) is 36.4 Å². The van der Waals surface area contributed by atoms with Crippen LogP contribution in [0.4, 0.5) is 16.6 Å². The molecule has 2 aromatic heterocycles. The summed E-state index contributed by atoms with van der Waals surface area (Å²) in [5.74, 6) is 0.325. The van der Waals surface area contributed by atoms with Gasteiger partial charge in [-0.2, -0.15) is 5.10 Å². The van der Waals surface area contributed by atoms with Crippen LogP contribution in [-0.4, -0.2) is 38.8 Å². The van der Waals surface area contributed by atoms with E-state index in [-0.39, 0.29) is 18.2 Å². The van der Waals surface area contributed by atoms with Crippen molar-refractivity contribution in [3.05, 3.63) is 52.7 Å². The Balaban J connectivity index is 1.36. The maximum Gasteiger partial charge on any atom is 0.229 e. The number of aryl methyl sites for hydroxylation is 2. The van der Waals surface area contributed by atoms with Crippen LogP contribution in [0, 0.1) is 0 Å². The number of rotatable bonds is 16. The van der Waals surface area contributed by atoms with E-state index in [1.807, 2.05) is 30.3 Å². The lowest BCUT2D eigenvalue weighted by atomic mass is 10.1. The third-order valence-corrected chi connectivity index (χ3v) is 6.58. The van der Waals surface area contributed by atoms with Crippen LogP contribution >= 0.6 is 11.3 Å². The van der Waals surface area contributed by atoms with Crippen molar-refractivity contribution in [3.63, 3.8) is 0 Å². The zero-order chi connectivity index (χ0) is 26.3. The molecule has 0 saturated heterocycles. The highest BCUT2D eigenvalue weighted by Crippen LogP contribution is 2.18. The normalized spacial score (nSPS) is 10.8. The Kier molecular flexibility index (Phi) is 11.9. The maximum absolute atomic E-state index is 12.5. The number of hydrogen-bond donors (Lipinski definition) is 3. The average Bonchev–Trinajstić information content (AvgIpc) is 3.33. The summed E-state index contributed by atoms with van der Waals surface area (Å²) >= 11 is 1.43. The molecule has 10 heteroatoms. The Morgan fingerprint density at radius 2 is 1.68 bits per heavy atom. The van der Waals surface area contributed by atoms with Gasteiger partial charge < -0.3 is 16.0 Å². The fourth-order valence-electron chi connectivity index (χ4n) is 3.64. The van der Waals surface area contributed by atoms with E-state index in [0.29, 0.717) is 17.4 Å². The van der Waals surface area contributed by atoms with E-state index in [0.717, 1.165) is 79.9 Å². The Labute approximate surface area is 222 Å². The van der Waals surface area contributed by atoms with Crippen LogP contribution in [0.1, 0.15) is 75.1 Å². The highest BCUT2D eigenvalue weighted by Gasteiger charge is 2.09. The van der Waals surface area contributed by atoms with Crippen molar-refractivity contribution >= 4 is 39.8 Å². The van der Waals surface area contributed by atoms with Gasteiger partial charge in [-0.15, -0.1) is 15.3 Å². The van der Waals surface area contributed by atoms with Crippen LogP contribution in [-0.2, 0) is 28.9 Å². The first-order valence-electron chi connectivity index (χ1n) is 13.1. The van der Waals surface area contributed by atoms with Gasteiger partial charge in [-0.3, -0.25) is 9.59 Å². The lowest BCUT2D eigenvalue weighted by molar-refractivity contribution is -0.116. The number of hydrogen-bond acceptors (Lipinski definition) is 8. The van der Waals surface area contributed by atoms with Crippen molar-refractivity contribution in [3.8, 4) is 0 Å². The van der Waals surface area contributed by atoms with Gasteiger partial charge >= 0.3 is 0 Å². The Morgan fingerprint density at radius 3 is 2.46 bits per heavy atom. The minimum absolute atomic E-state index is 0.00734. The first-order valence-corrected chi connectivity index (χ1v) is 13.9. The molecule has 3 N–H and O–H groups in total. The maximum atomic E-state index is 12.5. The van der Waals surface area contributed by atoms with Crippen molar-refractivity contribution in [2.45, 2.75) is 78.1 Å². The zero-order valence-corrected chi connectivity index (χ0v) is 22.6. The van der Waals surface area contributed by atoms with Gasteiger partial charge in [0.2, 0.25) is 16.9 Å². The highest BCUT2D eigenvalue weighted by atomic mass is 32.1. The Morgan fingerprint density at radius 1 is 0.838 bits per heavy atom. The quantitative estimate of drug-likeness (QED) is 0.214. The molecule has 0 saturated carbocycles. The third-order valence-electron chi connectivity index (χ3n) is 5.68. The smallest absolute Gasteiger partial charge is 0.229 e. The van der Waals surface area contributed by atoms with Gasteiger partial charge in [0.25, 0.3) is 0 Å². The molecule has 0 atom stereocenters. The number of benzene rings is 1. The molecule has 37 heavy (non-hydrogen) atoms. The summed E-state index contributed by atoms with van der Waals surface area (Å²) in [4.78, 5) is 24.3. The topological polar surface area (TPSA) is 122 Å². The number of aromatic nitrogens is 4. The molecule has 2 amide bonds. The number of carbonyl (C=O) groups excluding carboxylic acids is 2. The Bertz CT molecular complexity index is 1120. The molecule has 198 valence electrons. The summed E-state index contributed by atoms with van der Waals surface area (Å²) in [6.45, 7) is 5.15. The molecule has 0 aliphatic rings. The fourth-order valence-corrected chi connectivity index (χ4v) is 4.44. The van der Waals surface area contributed by atoms with Crippen molar-refractivity contribution < 1.29 is 9.59 Å². The lowest BCUT2D eigenvalue weighted by Gasteiger charge is -2.08. The summed E-state index contributed by atoms with van der Waals surface area (Å²) < 4.78 is 0. The summed E-state index contributed by atoms with van der Waals surface area (Å²) in [7, 11) is 0. The molecule has 3 aromatic rings. The average molecular weight is 524 g/mol. The molecular formula is C27H37N7O2S. The van der Waals surface area contributed by atoms with E-state index in [1.54, 1.807) is 6.07 Å². The molecule has 0 aliphatic carbocycles. The minimum Gasteiger partial charge on any atom is -0.385 e. The van der Waals surface area contributed by atoms with Crippen LogP contribution in [0.5, 0.6) is 0 Å². The summed E-state index contributed by atoms with van der Waals surface area (Å²) in [6, 6.07) is 11.6. The highest BCUT2D eigenvalue weighted by molar-refractivity contribution is 7.15. The van der Waals surface area contributed by atoms with Crippen LogP contribution in [0.2, 0.25) is 0 Å². The van der Waals surface area contributed by atoms with E-state index in [9.17, 15) is 9.59 Å². The third kappa shape index (κ3) is 10.6. The predicted molar refractivity (Wildman–Crippen MR) is 149 cm³/mol. The van der Waals surface area contributed by atoms with Gasteiger partial charge in [0.05, 0.1) is 12.1 Å². The standard InChI is InChI=1S/C27H37N7O2S/c1-3-5-13-24(35)30-27-34-33-26(37-27)14-8-7-11-21-15-16-23(32-31-21)29-25(36)19-20-10-9-12-22(18-20)28-17-6-4-2/h9-10,12,15-16,18,28H,3-8,11,13-14,17,19H2,1-2H3,(H,29,32,36)(H,30,34,35). The number of unbranched alkanes of at least 4 members (excludes halogenated alkanes) is 3. The van der Waals surface area contributed by atoms with Crippen molar-refractivity contribution in [1.29, 1.82) is 0 Å². The number of nitrogens with one attached hydrogen (secondary N) is 3. The van der Waals surface area contributed by atoms with Crippen LogP contribution in [0.25, 0.3) is 0 Å². The van der Waals surface area contributed by atoms with Gasteiger partial charge in [-0.25, -0.2) is 0 Å². The molecule has 0 aliphatic heterocycles. The van der Waals surface area contributed by atoms with Gasteiger partial charge in [0.15, 0.2) is 5.82 Å². The lowest BCUT2D eigenvalue weighted by Crippen LogP contribution is -2.16. The second-order valence-corrected chi connectivity index (χ2v) is 10.0. The molecular weight excluding hydrogens is 486 g/mol. The largest absolute Gasteiger partial charge is 0.385 e. The first-order chi connectivity index (χ1) is 18.1. The van der Waals surface area contributed by atoms with Gasteiger partial charge in [-0.05, 0) is 61.9 Å².